The summed E-state index contributed by atoms with van der Waals surface area (Å²) in [7, 11) is 1.66. The molecule has 0 radical (unpaired) electrons. The van der Waals surface area contributed by atoms with Crippen LogP contribution in [-0.4, -0.2) is 32.7 Å². The molecule has 17 heavy (non-hydrogen) atoms. The highest BCUT2D eigenvalue weighted by molar-refractivity contribution is 5.77. The summed E-state index contributed by atoms with van der Waals surface area (Å²) in [5.41, 5.74) is 1.18. The fourth-order valence-electron chi connectivity index (χ4n) is 1.42. The number of nitrogens with one attached hydrogen (secondary N) is 2. The van der Waals surface area contributed by atoms with Crippen LogP contribution in [0.1, 0.15) is 12.0 Å². The van der Waals surface area contributed by atoms with Gasteiger partial charge in [-0.05, 0) is 12.0 Å². The molecule has 0 unspecified atom stereocenters. The average Bonchev–Trinajstić information content (AvgIpc) is 2.36. The van der Waals surface area contributed by atoms with Crippen LogP contribution < -0.4 is 10.6 Å². The minimum absolute atomic E-state index is 0.0250. The zero-order chi connectivity index (χ0) is 12.3. The summed E-state index contributed by atoms with van der Waals surface area (Å²) < 4.78 is 4.90. The summed E-state index contributed by atoms with van der Waals surface area (Å²) in [6.07, 6.45) is 0.848. The summed E-state index contributed by atoms with van der Waals surface area (Å²) in [5, 5.41) is 5.92. The second-order valence-corrected chi connectivity index (χ2v) is 3.79. The van der Waals surface area contributed by atoms with Gasteiger partial charge in [-0.2, -0.15) is 0 Å². The monoisotopic (exact) mass is 236 g/mol. The van der Waals surface area contributed by atoms with E-state index < -0.39 is 0 Å². The minimum atomic E-state index is 0.0250. The highest BCUT2D eigenvalue weighted by atomic mass is 16.5. The topological polar surface area (TPSA) is 50.4 Å². The molecule has 0 aliphatic carbocycles. The number of carbonyl (C=O) groups is 1. The molecule has 94 valence electrons. The van der Waals surface area contributed by atoms with Crippen LogP contribution in [0.3, 0.4) is 0 Å². The molecule has 0 fully saturated rings. The molecule has 0 atom stereocenters. The largest absolute Gasteiger partial charge is 0.385 e. The molecule has 2 N–H and O–H groups in total. The first-order valence-electron chi connectivity index (χ1n) is 5.83. The molecule has 0 aliphatic rings. The lowest BCUT2D eigenvalue weighted by Gasteiger charge is -2.06. The third kappa shape index (κ3) is 6.71. The van der Waals surface area contributed by atoms with Gasteiger partial charge in [0.1, 0.15) is 0 Å². The van der Waals surface area contributed by atoms with Crippen molar-refractivity contribution in [2.24, 2.45) is 0 Å². The normalized spacial score (nSPS) is 10.2. The standard InChI is InChI=1S/C13H20N2O2/c1-17-9-5-8-15-13(16)11-14-10-12-6-3-2-4-7-12/h2-4,6-7,14H,5,8-11H2,1H3,(H,15,16). The van der Waals surface area contributed by atoms with Crippen LogP contribution in [0.25, 0.3) is 0 Å². The number of ether oxygens (including phenoxy) is 1. The lowest BCUT2D eigenvalue weighted by molar-refractivity contribution is -0.120. The smallest absolute Gasteiger partial charge is 0.233 e. The van der Waals surface area contributed by atoms with Gasteiger partial charge < -0.3 is 15.4 Å². The first kappa shape index (κ1) is 13.7. The Morgan fingerprint density at radius 1 is 1.29 bits per heavy atom. The Morgan fingerprint density at radius 2 is 2.06 bits per heavy atom. The molecule has 1 amide bonds. The predicted molar refractivity (Wildman–Crippen MR) is 67.7 cm³/mol. The number of hydrogen-bond acceptors (Lipinski definition) is 3. The van der Waals surface area contributed by atoms with Crippen molar-refractivity contribution in [3.63, 3.8) is 0 Å². The molecule has 0 saturated carbocycles. The molecular formula is C13H20N2O2. The predicted octanol–water partition coefficient (Wildman–Crippen LogP) is 0.929. The number of hydrogen-bond donors (Lipinski definition) is 2. The van der Waals surface area contributed by atoms with Gasteiger partial charge in [0.25, 0.3) is 0 Å². The van der Waals surface area contributed by atoms with E-state index >= 15 is 0 Å². The maximum Gasteiger partial charge on any atom is 0.233 e. The highest BCUT2D eigenvalue weighted by Crippen LogP contribution is 1.96. The van der Waals surface area contributed by atoms with Crippen molar-refractivity contribution < 1.29 is 9.53 Å². The Bertz CT molecular complexity index is 314. The van der Waals surface area contributed by atoms with Crippen LogP contribution in [0.2, 0.25) is 0 Å². The minimum Gasteiger partial charge on any atom is -0.385 e. The van der Waals surface area contributed by atoms with E-state index in [4.69, 9.17) is 4.74 Å². The van der Waals surface area contributed by atoms with Crippen molar-refractivity contribution >= 4 is 5.91 Å². The highest BCUT2D eigenvalue weighted by Gasteiger charge is 1.99. The van der Waals surface area contributed by atoms with E-state index in [1.807, 2.05) is 30.3 Å². The Hall–Kier alpha value is -1.39. The second-order valence-electron chi connectivity index (χ2n) is 3.79. The van der Waals surface area contributed by atoms with Crippen LogP contribution in [0, 0.1) is 0 Å². The number of benzene rings is 1. The van der Waals surface area contributed by atoms with Crippen LogP contribution in [0.4, 0.5) is 0 Å². The quantitative estimate of drug-likeness (QED) is 0.660. The van der Waals surface area contributed by atoms with E-state index in [2.05, 4.69) is 10.6 Å². The first-order chi connectivity index (χ1) is 8.33. The van der Waals surface area contributed by atoms with Crippen LogP contribution in [-0.2, 0) is 16.1 Å². The fourth-order valence-corrected chi connectivity index (χ4v) is 1.42. The zero-order valence-electron chi connectivity index (χ0n) is 10.2. The molecule has 4 nitrogen and oxygen atoms in total. The van der Waals surface area contributed by atoms with Crippen molar-refractivity contribution in [1.82, 2.24) is 10.6 Å². The number of rotatable bonds is 8. The Morgan fingerprint density at radius 3 is 2.76 bits per heavy atom. The molecule has 1 aromatic rings. The molecule has 0 bridgehead atoms. The Labute approximate surface area is 102 Å². The van der Waals surface area contributed by atoms with E-state index in [9.17, 15) is 4.79 Å². The van der Waals surface area contributed by atoms with Gasteiger partial charge >= 0.3 is 0 Å². The van der Waals surface area contributed by atoms with Gasteiger partial charge in [0.2, 0.25) is 5.91 Å². The zero-order valence-corrected chi connectivity index (χ0v) is 10.2. The maximum absolute atomic E-state index is 11.4. The molecular weight excluding hydrogens is 216 g/mol. The van der Waals surface area contributed by atoms with Gasteiger partial charge in [-0.3, -0.25) is 4.79 Å². The summed E-state index contributed by atoms with van der Waals surface area (Å²) in [6.45, 7) is 2.41. The Balaban J connectivity index is 2.04. The first-order valence-corrected chi connectivity index (χ1v) is 5.83. The van der Waals surface area contributed by atoms with Crippen molar-refractivity contribution in [1.29, 1.82) is 0 Å². The van der Waals surface area contributed by atoms with E-state index in [0.717, 1.165) is 6.42 Å². The molecule has 1 rings (SSSR count). The molecule has 4 heteroatoms. The SMILES string of the molecule is COCCCNC(=O)CNCc1ccccc1. The lowest BCUT2D eigenvalue weighted by atomic mass is 10.2. The van der Waals surface area contributed by atoms with Crippen LogP contribution >= 0.6 is 0 Å². The van der Waals surface area contributed by atoms with Crippen molar-refractivity contribution in [3.8, 4) is 0 Å². The van der Waals surface area contributed by atoms with Crippen LogP contribution in [0.5, 0.6) is 0 Å². The Kier molecular flexibility index (Phi) is 7.02. The fraction of sp³-hybridized carbons (Fsp3) is 0.462. The van der Waals surface area contributed by atoms with Gasteiger partial charge in [0, 0.05) is 26.8 Å². The second kappa shape index (κ2) is 8.73. The summed E-state index contributed by atoms with van der Waals surface area (Å²) >= 11 is 0. The van der Waals surface area contributed by atoms with E-state index in [1.165, 1.54) is 5.56 Å². The van der Waals surface area contributed by atoms with E-state index in [1.54, 1.807) is 7.11 Å². The summed E-state index contributed by atoms with van der Waals surface area (Å²) in [4.78, 5) is 11.4. The molecule has 0 aromatic heterocycles. The maximum atomic E-state index is 11.4. The van der Waals surface area contributed by atoms with Gasteiger partial charge in [0.15, 0.2) is 0 Å². The van der Waals surface area contributed by atoms with Crippen LogP contribution in [0.15, 0.2) is 30.3 Å². The number of methoxy groups -OCH3 is 1. The number of amides is 1. The van der Waals surface area contributed by atoms with Crippen molar-refractivity contribution in [2.75, 3.05) is 26.8 Å². The summed E-state index contributed by atoms with van der Waals surface area (Å²) in [6, 6.07) is 10.0. The lowest BCUT2D eigenvalue weighted by Crippen LogP contribution is -2.34. The molecule has 0 spiro atoms. The van der Waals surface area contributed by atoms with Crippen molar-refractivity contribution in [3.05, 3.63) is 35.9 Å². The van der Waals surface area contributed by atoms with Gasteiger partial charge in [-0.25, -0.2) is 0 Å². The number of carbonyl (C=O) groups excluding carboxylic acids is 1. The molecule has 1 aromatic carbocycles. The van der Waals surface area contributed by atoms with E-state index in [-0.39, 0.29) is 5.91 Å². The molecule has 0 saturated heterocycles. The van der Waals surface area contributed by atoms with Gasteiger partial charge in [-0.15, -0.1) is 0 Å². The molecule has 0 aliphatic heterocycles. The van der Waals surface area contributed by atoms with Gasteiger partial charge in [0.05, 0.1) is 6.54 Å². The summed E-state index contributed by atoms with van der Waals surface area (Å²) in [5.74, 6) is 0.0250. The average molecular weight is 236 g/mol. The third-order valence-electron chi connectivity index (χ3n) is 2.30. The van der Waals surface area contributed by atoms with E-state index in [0.29, 0.717) is 26.2 Å². The third-order valence-corrected chi connectivity index (χ3v) is 2.30. The van der Waals surface area contributed by atoms with Crippen molar-refractivity contribution in [2.45, 2.75) is 13.0 Å². The molecule has 0 heterocycles. The van der Waals surface area contributed by atoms with Gasteiger partial charge in [-0.1, -0.05) is 30.3 Å².